The molecule has 8 nitrogen and oxygen atoms in total. The van der Waals surface area contributed by atoms with Crippen molar-refractivity contribution in [3.63, 3.8) is 0 Å². The van der Waals surface area contributed by atoms with Gasteiger partial charge in [0.15, 0.2) is 16.3 Å². The molecule has 0 bridgehead atoms. The summed E-state index contributed by atoms with van der Waals surface area (Å²) >= 11 is 10.9. The van der Waals surface area contributed by atoms with E-state index in [1.54, 1.807) is 24.7 Å². The summed E-state index contributed by atoms with van der Waals surface area (Å²) in [5.41, 5.74) is 3.71. The third-order valence-electron chi connectivity index (χ3n) is 7.65. The van der Waals surface area contributed by atoms with Gasteiger partial charge in [-0.1, -0.05) is 65.4 Å². The van der Waals surface area contributed by atoms with Crippen LogP contribution < -0.4 is 34.4 Å². The molecule has 0 aliphatic carbocycles. The van der Waals surface area contributed by atoms with E-state index < -0.39 is 6.04 Å². The summed E-state index contributed by atoms with van der Waals surface area (Å²) in [7, 11) is 1.57. The molecule has 1 atom stereocenters. The van der Waals surface area contributed by atoms with Crippen LogP contribution in [0, 0.1) is 0 Å². The molecule has 2 heterocycles. The van der Waals surface area contributed by atoms with Gasteiger partial charge in [0.1, 0.15) is 12.4 Å². The summed E-state index contributed by atoms with van der Waals surface area (Å²) < 4.78 is 20.1. The Balaban J connectivity index is 1.40. The number of fused-ring (bicyclic) bond motifs is 1. The minimum atomic E-state index is -0.715. The van der Waals surface area contributed by atoms with Crippen molar-refractivity contribution in [3.8, 4) is 17.2 Å². The molecule has 5 aromatic rings. The number of rotatable bonds is 10. The Morgan fingerprint density at radius 3 is 2.46 bits per heavy atom. The highest BCUT2D eigenvalue weighted by Gasteiger charge is 2.32. The number of anilines is 1. The van der Waals surface area contributed by atoms with Crippen LogP contribution in [-0.2, 0) is 11.4 Å². The number of nitrogens with zero attached hydrogens (tertiary/aromatic N) is 2. The monoisotopic (exact) mass is 743 g/mol. The summed E-state index contributed by atoms with van der Waals surface area (Å²) in [6.07, 6.45) is 1.79. The first-order valence-electron chi connectivity index (χ1n) is 15.1. The number of hydrogen-bond donors (Lipinski definition) is 1. The van der Waals surface area contributed by atoms with Crippen LogP contribution in [0.1, 0.15) is 36.6 Å². The lowest BCUT2D eigenvalue weighted by Gasteiger charge is -2.25. The number of thiazole rings is 1. The number of aromatic nitrogens is 1. The van der Waals surface area contributed by atoms with Crippen molar-refractivity contribution in [1.29, 1.82) is 0 Å². The van der Waals surface area contributed by atoms with Crippen LogP contribution in [0.4, 0.5) is 5.69 Å². The Labute approximate surface area is 294 Å². The van der Waals surface area contributed by atoms with Crippen LogP contribution in [0.5, 0.6) is 17.2 Å². The van der Waals surface area contributed by atoms with E-state index in [9.17, 15) is 9.59 Å². The zero-order chi connectivity index (χ0) is 33.8. The van der Waals surface area contributed by atoms with Crippen LogP contribution in [0.2, 0.25) is 5.02 Å². The predicted molar refractivity (Wildman–Crippen MR) is 193 cm³/mol. The quantitative estimate of drug-likeness (QED) is 0.163. The van der Waals surface area contributed by atoms with Crippen LogP contribution >= 0.6 is 38.9 Å². The molecule has 1 N–H and O–H groups in total. The lowest BCUT2D eigenvalue weighted by atomic mass is 9.95. The summed E-state index contributed by atoms with van der Waals surface area (Å²) in [6, 6.07) is 27.0. The van der Waals surface area contributed by atoms with E-state index in [4.69, 9.17) is 30.8 Å². The number of halogens is 2. The molecule has 4 aromatic carbocycles. The summed E-state index contributed by atoms with van der Waals surface area (Å²) in [4.78, 5) is 33.3. The molecule has 11 heteroatoms. The first kappa shape index (κ1) is 33.3. The number of carbonyl (C=O) groups is 1. The largest absolute Gasteiger partial charge is 0.494 e. The number of carbonyl (C=O) groups excluding carboxylic acids is 1. The predicted octanol–water partition coefficient (Wildman–Crippen LogP) is 7.28. The second-order valence-electron chi connectivity index (χ2n) is 10.9. The maximum Gasteiger partial charge on any atom is 0.271 e. The number of allylic oxidation sites excluding steroid dienone is 1. The molecular formula is C37H31BrClN3O5S. The van der Waals surface area contributed by atoms with Gasteiger partial charge < -0.3 is 19.5 Å². The van der Waals surface area contributed by atoms with Crippen LogP contribution in [0.3, 0.4) is 0 Å². The van der Waals surface area contributed by atoms with Crippen molar-refractivity contribution in [3.05, 3.63) is 148 Å². The summed E-state index contributed by atoms with van der Waals surface area (Å²) in [5, 5.41) is 3.63. The minimum absolute atomic E-state index is 0.270. The van der Waals surface area contributed by atoms with Gasteiger partial charge in [-0.3, -0.25) is 14.2 Å². The second-order valence-corrected chi connectivity index (χ2v) is 13.2. The molecule has 0 saturated heterocycles. The maximum absolute atomic E-state index is 14.2. The molecule has 1 aromatic heterocycles. The van der Waals surface area contributed by atoms with Crippen molar-refractivity contribution in [1.82, 2.24) is 4.57 Å². The Hall–Kier alpha value is -4.64. The van der Waals surface area contributed by atoms with E-state index in [0.717, 1.165) is 16.7 Å². The molecule has 1 aliphatic heterocycles. The average molecular weight is 745 g/mol. The smallest absolute Gasteiger partial charge is 0.271 e. The van der Waals surface area contributed by atoms with Gasteiger partial charge in [0.05, 0.1) is 40.0 Å². The number of hydrogen-bond acceptors (Lipinski definition) is 7. The van der Waals surface area contributed by atoms with Gasteiger partial charge >= 0.3 is 0 Å². The fourth-order valence-corrected chi connectivity index (χ4v) is 7.16. The number of methoxy groups -OCH3 is 1. The van der Waals surface area contributed by atoms with Crippen molar-refractivity contribution >= 4 is 56.5 Å². The van der Waals surface area contributed by atoms with Gasteiger partial charge in [0.25, 0.3) is 11.5 Å². The van der Waals surface area contributed by atoms with Gasteiger partial charge in [-0.05, 0) is 101 Å². The number of nitrogens with one attached hydrogen (secondary N) is 1. The maximum atomic E-state index is 14.2. The van der Waals surface area contributed by atoms with E-state index >= 15 is 0 Å². The number of ether oxygens (including phenoxy) is 3. The molecule has 1 aliphatic rings. The minimum Gasteiger partial charge on any atom is -0.494 e. The Kier molecular flexibility index (Phi) is 10.1. The molecule has 0 fully saturated rings. The first-order chi connectivity index (χ1) is 23.2. The normalized spacial score (nSPS) is 14.3. The molecule has 0 saturated carbocycles. The highest BCUT2D eigenvalue weighted by molar-refractivity contribution is 9.10. The molecule has 244 valence electrons. The van der Waals surface area contributed by atoms with Crippen LogP contribution in [0.15, 0.2) is 117 Å². The van der Waals surface area contributed by atoms with Crippen molar-refractivity contribution < 1.29 is 19.0 Å². The zero-order valence-electron chi connectivity index (χ0n) is 26.3. The van der Waals surface area contributed by atoms with Gasteiger partial charge in [-0.2, -0.15) is 0 Å². The number of para-hydroxylation sites is 1. The fraction of sp³-hybridized carbons (Fsp3) is 0.162. The summed E-state index contributed by atoms with van der Waals surface area (Å²) in [6.45, 7) is 4.55. The van der Waals surface area contributed by atoms with Crippen molar-refractivity contribution in [2.75, 3.05) is 19.0 Å². The third kappa shape index (κ3) is 7.11. The summed E-state index contributed by atoms with van der Waals surface area (Å²) in [5.74, 6) is 1.40. The topological polar surface area (TPSA) is 91.2 Å². The Morgan fingerprint density at radius 2 is 1.77 bits per heavy atom. The van der Waals surface area contributed by atoms with Crippen molar-refractivity contribution in [2.45, 2.75) is 26.5 Å². The van der Waals surface area contributed by atoms with Gasteiger partial charge in [-0.25, -0.2) is 4.99 Å². The molecular weight excluding hydrogens is 714 g/mol. The molecule has 0 radical (unpaired) electrons. The van der Waals surface area contributed by atoms with E-state index in [1.807, 2.05) is 97.9 Å². The Bertz CT molecular complexity index is 2180. The standard InChI is InChI=1S/C37H31BrClN3O5S/c1-4-46-28-16-12-25(13-17-28)33-32(35(43)41-27-8-6-5-7-9-27)22(2)40-37-42(33)36(44)31(48-37)20-24-18-29(38)34(30(19-24)45-3)47-21-23-10-14-26(39)15-11-23/h5-20,33H,4,21H2,1-3H3,(H,41,43)/b31-20-/t33-/m0/s1. The van der Waals surface area contributed by atoms with Crippen LogP contribution in [0.25, 0.3) is 6.08 Å². The molecule has 48 heavy (non-hydrogen) atoms. The van der Waals surface area contributed by atoms with Crippen molar-refractivity contribution in [2.24, 2.45) is 4.99 Å². The van der Waals surface area contributed by atoms with Gasteiger partial charge in [0.2, 0.25) is 0 Å². The molecule has 0 unspecified atom stereocenters. The average Bonchev–Trinajstić information content (AvgIpc) is 3.38. The molecule has 1 amide bonds. The third-order valence-corrected chi connectivity index (χ3v) is 9.47. The lowest BCUT2D eigenvalue weighted by Crippen LogP contribution is -2.40. The fourth-order valence-electron chi connectivity index (χ4n) is 5.41. The van der Waals surface area contributed by atoms with Gasteiger partial charge in [-0.15, -0.1) is 0 Å². The number of amides is 1. The Morgan fingerprint density at radius 1 is 1.04 bits per heavy atom. The van der Waals surface area contributed by atoms with E-state index in [-0.39, 0.29) is 11.5 Å². The first-order valence-corrected chi connectivity index (χ1v) is 17.1. The number of benzene rings is 4. The zero-order valence-corrected chi connectivity index (χ0v) is 29.5. The lowest BCUT2D eigenvalue weighted by molar-refractivity contribution is -0.113. The SMILES string of the molecule is CCOc1ccc([C@H]2C(C(=O)Nc3ccccc3)=C(C)N=c3s/c(=C\c4cc(Br)c(OCc5ccc(Cl)cc5)c(OC)c4)c(=O)n32)cc1. The molecule has 0 spiro atoms. The van der Waals surface area contributed by atoms with E-state index in [2.05, 4.69) is 21.2 Å². The van der Waals surface area contributed by atoms with Gasteiger partial charge in [0, 0.05) is 10.7 Å². The highest BCUT2D eigenvalue weighted by Crippen LogP contribution is 2.38. The second kappa shape index (κ2) is 14.6. The highest BCUT2D eigenvalue weighted by atomic mass is 79.9. The molecule has 6 rings (SSSR count). The van der Waals surface area contributed by atoms with Crippen LogP contribution in [-0.4, -0.2) is 24.2 Å². The van der Waals surface area contributed by atoms with E-state index in [1.165, 1.54) is 11.3 Å². The van der Waals surface area contributed by atoms with E-state index in [0.29, 0.717) is 66.2 Å².